The molecule has 1 saturated heterocycles. The molecular weight excluding hydrogens is 698 g/mol. The van der Waals surface area contributed by atoms with Gasteiger partial charge in [-0.1, -0.05) is 51.3 Å². The first-order valence-corrected chi connectivity index (χ1v) is 20.9. The third kappa shape index (κ3) is 12.0. The van der Waals surface area contributed by atoms with Gasteiger partial charge in [-0.15, -0.1) is 0 Å². The Hall–Kier alpha value is -2.05. The van der Waals surface area contributed by atoms with Crippen molar-refractivity contribution >= 4 is 34.6 Å². The zero-order valence-corrected chi connectivity index (χ0v) is 34.2. The molecule has 6 atom stereocenters. The van der Waals surface area contributed by atoms with Crippen molar-refractivity contribution in [3.63, 3.8) is 0 Å². The van der Waals surface area contributed by atoms with Crippen LogP contribution in [0, 0.1) is 17.8 Å². The van der Waals surface area contributed by atoms with Gasteiger partial charge >= 0.3 is 0 Å². The fraction of sp³-hybridized carbons (Fsp3) is 0.683. The summed E-state index contributed by atoms with van der Waals surface area (Å²) in [5, 5.41) is 0.895. The maximum Gasteiger partial charge on any atom is 0.158 e. The van der Waals surface area contributed by atoms with Gasteiger partial charge in [-0.3, -0.25) is 4.79 Å². The van der Waals surface area contributed by atoms with Gasteiger partial charge in [0.05, 0.1) is 54.4 Å². The van der Waals surface area contributed by atoms with Crippen LogP contribution < -0.4 is 14.4 Å². The summed E-state index contributed by atoms with van der Waals surface area (Å²) in [7, 11) is 6.54. The number of benzene rings is 2. The largest absolute Gasteiger partial charge is 0.491 e. The van der Waals surface area contributed by atoms with E-state index in [1.165, 1.54) is 24.0 Å². The van der Waals surface area contributed by atoms with Crippen LogP contribution >= 0.6 is 11.6 Å². The van der Waals surface area contributed by atoms with Gasteiger partial charge in [-0.05, 0) is 112 Å². The lowest BCUT2D eigenvalue weighted by molar-refractivity contribution is -0.212. The molecule has 2 aromatic rings. The molecule has 2 aromatic carbocycles. The second kappa shape index (κ2) is 21.7. The summed E-state index contributed by atoms with van der Waals surface area (Å²) in [5.41, 5.74) is 4.35. The summed E-state index contributed by atoms with van der Waals surface area (Å²) in [6.07, 6.45) is 9.69. The minimum absolute atomic E-state index is 0.106. The number of likely N-dealkylation sites (N-methyl/N-ethyl adjacent to an activating group) is 1. The van der Waals surface area contributed by atoms with Crippen molar-refractivity contribution in [2.75, 3.05) is 72.7 Å². The number of rotatable bonds is 17. The second-order valence-electron chi connectivity index (χ2n) is 15.0. The number of nitrogens with zero attached hydrogens (tertiary/aromatic N) is 2. The third-order valence-corrected chi connectivity index (χ3v) is 12.9. The van der Waals surface area contributed by atoms with Crippen molar-refractivity contribution in [1.82, 2.24) is 9.62 Å². The minimum atomic E-state index is -0.971. The zero-order chi connectivity index (χ0) is 37.6. The number of aldehydes is 1. The quantitative estimate of drug-likeness (QED) is 0.166. The molecule has 0 spiro atoms. The number of ether oxygens (including phenoxy) is 4. The van der Waals surface area contributed by atoms with Crippen molar-refractivity contribution < 1.29 is 28.0 Å². The Bertz CT molecular complexity index is 1410. The van der Waals surface area contributed by atoms with E-state index in [0.717, 1.165) is 87.6 Å². The topological polar surface area (TPSA) is 89.6 Å². The Morgan fingerprint density at radius 3 is 2.44 bits per heavy atom. The number of hydrogen-bond acceptors (Lipinski definition) is 8. The summed E-state index contributed by atoms with van der Waals surface area (Å²) >= 11 is 6.42. The number of anilines is 1. The van der Waals surface area contributed by atoms with Crippen molar-refractivity contribution in [2.24, 2.45) is 17.8 Å². The number of aryl methyl sites for hydroxylation is 1. The Morgan fingerprint density at radius 1 is 1.08 bits per heavy atom. The molecule has 2 heterocycles. The number of hydrogen-bond donors (Lipinski definition) is 1. The predicted octanol–water partition coefficient (Wildman–Crippen LogP) is 7.52. The van der Waals surface area contributed by atoms with Gasteiger partial charge in [-0.2, -0.15) is 0 Å². The molecule has 3 aliphatic rings. The van der Waals surface area contributed by atoms with E-state index in [1.807, 2.05) is 24.3 Å². The maximum absolute atomic E-state index is 11.7. The van der Waals surface area contributed by atoms with Gasteiger partial charge in [0.15, 0.2) is 6.29 Å². The van der Waals surface area contributed by atoms with E-state index in [0.29, 0.717) is 42.6 Å². The minimum Gasteiger partial charge on any atom is -0.491 e. The average molecular weight is 762 g/mol. The molecule has 0 aromatic heterocycles. The Labute approximate surface area is 321 Å². The van der Waals surface area contributed by atoms with Gasteiger partial charge < -0.3 is 28.7 Å². The first-order chi connectivity index (χ1) is 25.1. The predicted molar refractivity (Wildman–Crippen MR) is 213 cm³/mol. The first-order valence-electron chi connectivity index (χ1n) is 19.3. The Kier molecular flexibility index (Phi) is 17.8. The SMILES string of the molecule is CCCC(C)C(COC)S(=O)NC.CCCCc1cc(Cl)ccc1C1COc2ccc(C=O)cc2N(CC2CCC2CC2OCC(N(C)C)CO2)C1. The van der Waals surface area contributed by atoms with Crippen molar-refractivity contribution in [2.45, 2.75) is 95.6 Å². The maximum atomic E-state index is 11.7. The Morgan fingerprint density at radius 2 is 1.83 bits per heavy atom. The molecule has 292 valence electrons. The van der Waals surface area contributed by atoms with E-state index < -0.39 is 11.0 Å². The molecule has 1 saturated carbocycles. The number of halogens is 1. The van der Waals surface area contributed by atoms with Crippen LogP contribution in [0.15, 0.2) is 36.4 Å². The molecule has 0 radical (unpaired) electrons. The van der Waals surface area contributed by atoms with Crippen LogP contribution in [0.1, 0.15) is 93.1 Å². The van der Waals surface area contributed by atoms with Crippen molar-refractivity contribution in [1.29, 1.82) is 0 Å². The molecule has 11 heteroatoms. The Balaban J connectivity index is 0.000000398. The molecule has 52 heavy (non-hydrogen) atoms. The van der Waals surface area contributed by atoms with Gasteiger partial charge in [0.1, 0.15) is 12.0 Å². The van der Waals surface area contributed by atoms with Crippen LogP contribution in [0.4, 0.5) is 5.69 Å². The molecule has 0 bridgehead atoms. The molecule has 0 amide bonds. The lowest BCUT2D eigenvalue weighted by Gasteiger charge is -2.43. The lowest BCUT2D eigenvalue weighted by atomic mass is 9.71. The van der Waals surface area contributed by atoms with Crippen LogP contribution in [-0.4, -0.2) is 101 Å². The van der Waals surface area contributed by atoms with Gasteiger partial charge in [0.25, 0.3) is 0 Å². The number of carbonyl (C=O) groups excluding carboxylic acids is 1. The first kappa shape index (κ1) is 42.7. The van der Waals surface area contributed by atoms with Crippen LogP contribution in [0.5, 0.6) is 5.75 Å². The number of carbonyl (C=O) groups is 1. The van der Waals surface area contributed by atoms with Gasteiger partial charge in [0, 0.05) is 43.1 Å². The zero-order valence-electron chi connectivity index (χ0n) is 32.6. The van der Waals surface area contributed by atoms with E-state index in [1.54, 1.807) is 14.2 Å². The second-order valence-corrected chi connectivity index (χ2v) is 17.1. The fourth-order valence-corrected chi connectivity index (χ4v) is 8.90. The fourth-order valence-electron chi connectivity index (χ4n) is 7.58. The van der Waals surface area contributed by atoms with Crippen LogP contribution in [0.2, 0.25) is 5.02 Å². The van der Waals surface area contributed by atoms with Crippen LogP contribution in [-0.2, 0) is 31.6 Å². The normalized spacial score (nSPS) is 24.7. The molecule has 9 nitrogen and oxygen atoms in total. The summed E-state index contributed by atoms with van der Waals surface area (Å²) in [5.74, 6) is 2.64. The van der Waals surface area contributed by atoms with E-state index in [2.05, 4.69) is 61.5 Å². The standard InChI is InChI=1S/C32H43ClN2O4.C9H21NO2S/c1-4-5-6-24-14-27(33)10-11-29(24)26-17-35(30-13-22(18-36)7-12-31(30)37-19-26)16-25-9-8-23(25)15-32-38-20-28(21-39-32)34(2)3;1-5-6-8(2)9(7-12-4)13(11)10-3/h7,10-14,18,23,25-26,28,32H,4-6,8-9,15-17,19-21H2,1-3H3;8-10H,5-7H2,1-4H3. The number of unbranched alkanes of at least 4 members (excludes halogenated alkanes) is 1. The van der Waals surface area contributed by atoms with E-state index in [-0.39, 0.29) is 17.5 Å². The lowest BCUT2D eigenvalue weighted by Crippen LogP contribution is -2.46. The van der Waals surface area contributed by atoms with Crippen molar-refractivity contribution in [3.05, 3.63) is 58.1 Å². The van der Waals surface area contributed by atoms with Gasteiger partial charge in [0.2, 0.25) is 0 Å². The molecular formula is C41H64ClN3O6S. The molecule has 6 unspecified atom stereocenters. The molecule has 2 fully saturated rings. The van der Waals surface area contributed by atoms with E-state index in [4.69, 9.17) is 30.5 Å². The summed E-state index contributed by atoms with van der Waals surface area (Å²) in [4.78, 5) is 16.3. The summed E-state index contributed by atoms with van der Waals surface area (Å²) in [6, 6.07) is 12.5. The summed E-state index contributed by atoms with van der Waals surface area (Å²) < 4.78 is 38.0. The smallest absolute Gasteiger partial charge is 0.158 e. The molecule has 5 rings (SSSR count). The molecule has 1 aliphatic carbocycles. The molecule has 2 aliphatic heterocycles. The van der Waals surface area contributed by atoms with Gasteiger partial charge in [-0.25, -0.2) is 8.93 Å². The highest BCUT2D eigenvalue weighted by Gasteiger charge is 2.38. The highest BCUT2D eigenvalue weighted by atomic mass is 35.5. The van der Waals surface area contributed by atoms with E-state index in [9.17, 15) is 9.00 Å². The third-order valence-electron chi connectivity index (χ3n) is 11.1. The van der Waals surface area contributed by atoms with Crippen LogP contribution in [0.3, 0.4) is 0 Å². The highest BCUT2D eigenvalue weighted by molar-refractivity contribution is 7.83. The summed E-state index contributed by atoms with van der Waals surface area (Å²) in [6.45, 7) is 10.9. The van der Waals surface area contributed by atoms with Crippen LogP contribution in [0.25, 0.3) is 0 Å². The molecule has 1 N–H and O–H groups in total. The monoisotopic (exact) mass is 761 g/mol. The highest BCUT2D eigenvalue weighted by Crippen LogP contribution is 2.43. The van der Waals surface area contributed by atoms with E-state index >= 15 is 0 Å². The number of nitrogens with one attached hydrogen (secondary N) is 1. The number of methoxy groups -OCH3 is 1. The average Bonchev–Trinajstić information content (AvgIpc) is 3.32. The number of fused-ring (bicyclic) bond motifs is 1. The van der Waals surface area contributed by atoms with Crippen molar-refractivity contribution in [3.8, 4) is 5.75 Å².